The van der Waals surface area contributed by atoms with Crippen LogP contribution in [0.2, 0.25) is 0 Å². The molecule has 2 rings (SSSR count). The van der Waals surface area contributed by atoms with Gasteiger partial charge in [0.1, 0.15) is 6.61 Å². The van der Waals surface area contributed by atoms with Crippen LogP contribution in [0.4, 0.5) is 5.69 Å². The summed E-state index contributed by atoms with van der Waals surface area (Å²) in [5.41, 5.74) is 1.74. The quantitative estimate of drug-likeness (QED) is 0.839. The maximum absolute atomic E-state index is 12.2. The number of aryl methyl sites for hydroxylation is 1. The second-order valence-corrected chi connectivity index (χ2v) is 6.69. The fourth-order valence-corrected chi connectivity index (χ4v) is 3.41. The van der Waals surface area contributed by atoms with Crippen LogP contribution in [0.15, 0.2) is 35.7 Å². The van der Waals surface area contributed by atoms with Gasteiger partial charge in [0.25, 0.3) is 5.91 Å². The summed E-state index contributed by atoms with van der Waals surface area (Å²) in [5, 5.41) is 1.17. The summed E-state index contributed by atoms with van der Waals surface area (Å²) in [6.07, 6.45) is 1.54. The Bertz CT molecular complexity index is 619. The van der Waals surface area contributed by atoms with Gasteiger partial charge in [0, 0.05) is 18.2 Å². The number of sulfone groups is 1. The molecule has 1 aliphatic rings. The third-order valence-electron chi connectivity index (χ3n) is 3.09. The highest BCUT2D eigenvalue weighted by Crippen LogP contribution is 2.23. The molecule has 0 saturated heterocycles. The zero-order valence-corrected chi connectivity index (χ0v) is 12.3. The normalized spacial score (nSPS) is 20.0. The Kier molecular flexibility index (Phi) is 4.25. The van der Waals surface area contributed by atoms with Crippen molar-refractivity contribution < 1.29 is 17.9 Å². The van der Waals surface area contributed by atoms with Crippen molar-refractivity contribution in [2.24, 2.45) is 0 Å². The number of carbonyl (C=O) groups is 1. The highest BCUT2D eigenvalue weighted by molar-refractivity contribution is 7.94. The van der Waals surface area contributed by atoms with Crippen molar-refractivity contribution in [1.29, 1.82) is 0 Å². The molecule has 0 bridgehead atoms. The molecule has 6 heteroatoms. The first-order chi connectivity index (χ1) is 9.43. The molecule has 1 heterocycles. The molecule has 1 amide bonds. The van der Waals surface area contributed by atoms with Crippen LogP contribution in [0, 0.1) is 6.92 Å². The van der Waals surface area contributed by atoms with Crippen molar-refractivity contribution in [3.05, 3.63) is 41.3 Å². The largest absolute Gasteiger partial charge is 0.375 e. The molecule has 1 aromatic rings. The Hall–Kier alpha value is -1.66. The van der Waals surface area contributed by atoms with Crippen LogP contribution in [0.3, 0.4) is 0 Å². The van der Waals surface area contributed by atoms with Gasteiger partial charge in [-0.2, -0.15) is 0 Å². The Labute approximate surface area is 118 Å². The van der Waals surface area contributed by atoms with Crippen molar-refractivity contribution in [2.45, 2.75) is 13.0 Å². The van der Waals surface area contributed by atoms with Crippen LogP contribution < -0.4 is 4.90 Å². The molecule has 108 valence electrons. The fraction of sp³-hybridized carbons (Fsp3) is 0.357. The number of amides is 1. The van der Waals surface area contributed by atoms with E-state index in [2.05, 4.69) is 0 Å². The summed E-state index contributed by atoms with van der Waals surface area (Å²) in [7, 11) is -1.78. The molecule has 0 radical (unpaired) electrons. The zero-order valence-electron chi connectivity index (χ0n) is 11.4. The smallest absolute Gasteiger partial charge is 0.253 e. The van der Waals surface area contributed by atoms with Gasteiger partial charge in [0.05, 0.1) is 11.8 Å². The van der Waals surface area contributed by atoms with E-state index < -0.39 is 15.9 Å². The van der Waals surface area contributed by atoms with E-state index in [1.807, 2.05) is 31.2 Å². The summed E-state index contributed by atoms with van der Waals surface area (Å²) in [4.78, 5) is 13.7. The van der Waals surface area contributed by atoms with Crippen molar-refractivity contribution in [3.63, 3.8) is 0 Å². The van der Waals surface area contributed by atoms with Gasteiger partial charge < -0.3 is 9.64 Å². The molecule has 0 unspecified atom stereocenters. The van der Waals surface area contributed by atoms with Gasteiger partial charge >= 0.3 is 0 Å². The van der Waals surface area contributed by atoms with E-state index in [9.17, 15) is 13.2 Å². The minimum absolute atomic E-state index is 0.0851. The molecule has 5 nitrogen and oxygen atoms in total. The number of hydrogen-bond donors (Lipinski definition) is 0. The lowest BCUT2D eigenvalue weighted by atomic mass is 10.1. The van der Waals surface area contributed by atoms with Gasteiger partial charge in [0.15, 0.2) is 9.84 Å². The minimum atomic E-state index is -3.22. The van der Waals surface area contributed by atoms with E-state index in [1.165, 1.54) is 17.4 Å². The van der Waals surface area contributed by atoms with Crippen molar-refractivity contribution in [2.75, 3.05) is 24.4 Å². The average Bonchev–Trinajstić information content (AvgIpc) is 2.73. The number of hydrogen-bond acceptors (Lipinski definition) is 4. The van der Waals surface area contributed by atoms with Crippen LogP contribution >= 0.6 is 0 Å². The van der Waals surface area contributed by atoms with Crippen molar-refractivity contribution in [1.82, 2.24) is 0 Å². The van der Waals surface area contributed by atoms with Crippen molar-refractivity contribution >= 4 is 21.4 Å². The van der Waals surface area contributed by atoms with E-state index in [4.69, 9.17) is 4.74 Å². The number of anilines is 1. The highest BCUT2D eigenvalue weighted by Gasteiger charge is 2.31. The monoisotopic (exact) mass is 295 g/mol. The highest BCUT2D eigenvalue weighted by atomic mass is 32.2. The van der Waals surface area contributed by atoms with Crippen LogP contribution in [-0.4, -0.2) is 39.8 Å². The predicted octanol–water partition coefficient (Wildman–Crippen LogP) is 1.29. The third kappa shape index (κ3) is 3.26. The Morgan fingerprint density at radius 1 is 1.35 bits per heavy atom. The van der Waals surface area contributed by atoms with Crippen LogP contribution in [-0.2, 0) is 19.4 Å². The van der Waals surface area contributed by atoms with Crippen LogP contribution in [0.25, 0.3) is 0 Å². The molecule has 0 saturated carbocycles. The first kappa shape index (κ1) is 14.7. The SMILES string of the molecule is COCC(=O)N(c1ccc(C)cc1)[C@H]1C=CS(=O)(=O)C1. The first-order valence-electron chi connectivity index (χ1n) is 6.21. The molecule has 20 heavy (non-hydrogen) atoms. The first-order valence-corrected chi connectivity index (χ1v) is 7.93. The summed E-state index contributed by atoms with van der Waals surface area (Å²) >= 11 is 0. The third-order valence-corrected chi connectivity index (χ3v) is 4.47. The standard InChI is InChI=1S/C14H17NO4S/c1-11-3-5-12(6-4-11)15(14(16)9-19-2)13-7-8-20(17,18)10-13/h3-8,13H,9-10H2,1-2H3/t13-/m0/s1. The molecule has 1 aromatic carbocycles. The number of methoxy groups -OCH3 is 1. The summed E-state index contributed by atoms with van der Waals surface area (Å²) in [6, 6.07) is 6.90. The second-order valence-electron chi connectivity index (χ2n) is 4.76. The Morgan fingerprint density at radius 3 is 2.50 bits per heavy atom. The van der Waals surface area contributed by atoms with E-state index in [1.54, 1.807) is 6.08 Å². The molecular formula is C14H17NO4S. The zero-order chi connectivity index (χ0) is 14.8. The van der Waals surface area contributed by atoms with Crippen LogP contribution in [0.5, 0.6) is 0 Å². The molecule has 0 aliphatic carbocycles. The number of nitrogens with zero attached hydrogens (tertiary/aromatic N) is 1. The topological polar surface area (TPSA) is 63.7 Å². The lowest BCUT2D eigenvalue weighted by Gasteiger charge is -2.27. The van der Waals surface area contributed by atoms with Gasteiger partial charge in [-0.25, -0.2) is 8.42 Å². The number of carbonyl (C=O) groups excluding carboxylic acids is 1. The Balaban J connectivity index is 2.33. The van der Waals surface area contributed by atoms with E-state index >= 15 is 0 Å². The molecular weight excluding hydrogens is 278 g/mol. The molecule has 0 aromatic heterocycles. The molecule has 0 fully saturated rings. The number of rotatable bonds is 4. The summed E-state index contributed by atoms with van der Waals surface area (Å²) < 4.78 is 28.0. The van der Waals surface area contributed by atoms with Gasteiger partial charge in [0.2, 0.25) is 0 Å². The van der Waals surface area contributed by atoms with Gasteiger partial charge in [-0.3, -0.25) is 4.79 Å². The molecule has 0 spiro atoms. The Morgan fingerprint density at radius 2 is 2.00 bits per heavy atom. The number of ether oxygens (including phenoxy) is 1. The maximum Gasteiger partial charge on any atom is 0.253 e. The van der Waals surface area contributed by atoms with E-state index in [0.717, 1.165) is 5.56 Å². The molecule has 1 atom stereocenters. The van der Waals surface area contributed by atoms with Crippen molar-refractivity contribution in [3.8, 4) is 0 Å². The molecule has 0 N–H and O–H groups in total. The van der Waals surface area contributed by atoms with Gasteiger partial charge in [-0.05, 0) is 25.1 Å². The van der Waals surface area contributed by atoms with E-state index in [0.29, 0.717) is 5.69 Å². The fourth-order valence-electron chi connectivity index (χ4n) is 2.14. The van der Waals surface area contributed by atoms with Crippen LogP contribution in [0.1, 0.15) is 5.56 Å². The second kappa shape index (κ2) is 5.76. The lowest BCUT2D eigenvalue weighted by molar-refractivity contribution is -0.122. The van der Waals surface area contributed by atoms with E-state index in [-0.39, 0.29) is 18.3 Å². The predicted molar refractivity (Wildman–Crippen MR) is 77.3 cm³/mol. The average molecular weight is 295 g/mol. The summed E-state index contributed by atoms with van der Waals surface area (Å²) in [5.74, 6) is -0.348. The lowest BCUT2D eigenvalue weighted by Crippen LogP contribution is -2.43. The van der Waals surface area contributed by atoms with Gasteiger partial charge in [-0.15, -0.1) is 0 Å². The molecule has 1 aliphatic heterocycles. The maximum atomic E-state index is 12.2. The van der Waals surface area contributed by atoms with Gasteiger partial charge in [-0.1, -0.05) is 17.7 Å². The number of benzene rings is 1. The minimum Gasteiger partial charge on any atom is -0.375 e. The summed E-state index contributed by atoms with van der Waals surface area (Å²) in [6.45, 7) is 1.86.